The molecule has 152 valence electrons. The summed E-state index contributed by atoms with van der Waals surface area (Å²) in [6.07, 6.45) is -6.18. The second-order valence-electron chi connectivity index (χ2n) is 7.58. The van der Waals surface area contributed by atoms with Gasteiger partial charge in [-0.3, -0.25) is 9.69 Å². The highest BCUT2D eigenvalue weighted by Crippen LogP contribution is 2.27. The van der Waals surface area contributed by atoms with Crippen LogP contribution >= 0.6 is 0 Å². The van der Waals surface area contributed by atoms with Crippen LogP contribution in [0.3, 0.4) is 0 Å². The van der Waals surface area contributed by atoms with Crippen LogP contribution in [0.15, 0.2) is 0 Å². The Hall–Kier alpha value is -0.810. The van der Waals surface area contributed by atoms with Crippen molar-refractivity contribution in [1.29, 1.82) is 0 Å². The third-order valence-corrected chi connectivity index (χ3v) is 5.44. The van der Waals surface area contributed by atoms with Crippen LogP contribution in [0.4, 0.5) is 0 Å². The van der Waals surface area contributed by atoms with Gasteiger partial charge in [0.2, 0.25) is 5.91 Å². The quantitative estimate of drug-likeness (QED) is 0.306. The zero-order valence-electron chi connectivity index (χ0n) is 15.5. The Morgan fingerprint density at radius 3 is 2.46 bits per heavy atom. The Kier molecular flexibility index (Phi) is 7.37. The molecule has 0 aromatic rings. The molecule has 2 aliphatic rings. The Balaban J connectivity index is 2.07. The molecular formula is C17H32N2O7. The van der Waals surface area contributed by atoms with E-state index in [9.17, 15) is 30.3 Å². The molecule has 6 N–H and O–H groups in total. The van der Waals surface area contributed by atoms with E-state index in [0.29, 0.717) is 12.3 Å². The number of likely N-dealkylation sites (N-methyl/N-ethyl adjacent to an activating group) is 1. The lowest BCUT2D eigenvalue weighted by atomic mass is 9.91. The summed E-state index contributed by atoms with van der Waals surface area (Å²) >= 11 is 0. The lowest BCUT2D eigenvalue weighted by Gasteiger charge is -2.42. The number of ether oxygens (including phenoxy) is 1. The van der Waals surface area contributed by atoms with Gasteiger partial charge in [0.1, 0.15) is 24.4 Å². The first-order chi connectivity index (χ1) is 12.2. The Bertz CT molecular complexity index is 478. The van der Waals surface area contributed by atoms with Gasteiger partial charge in [-0.25, -0.2) is 0 Å². The second-order valence-corrected chi connectivity index (χ2v) is 7.58. The van der Waals surface area contributed by atoms with Crippen LogP contribution in [0.5, 0.6) is 0 Å². The molecule has 0 saturated carbocycles. The van der Waals surface area contributed by atoms with E-state index < -0.39 is 42.9 Å². The molecule has 2 fully saturated rings. The number of hydrogen-bond acceptors (Lipinski definition) is 8. The number of aliphatic hydroxyl groups is 5. The van der Waals surface area contributed by atoms with Crippen LogP contribution in [0.25, 0.3) is 0 Å². The zero-order valence-corrected chi connectivity index (χ0v) is 15.5. The average molecular weight is 376 g/mol. The average Bonchev–Trinajstić information content (AvgIpc) is 2.95. The summed E-state index contributed by atoms with van der Waals surface area (Å²) < 4.78 is 5.16. The number of aliphatic hydroxyl groups excluding tert-OH is 5. The van der Waals surface area contributed by atoms with Crippen LogP contribution in [0, 0.1) is 5.92 Å². The SMILES string of the molecule is CCC[C@@H]1C[C@@H](C(=O)N[C@@H]([C@H]2OC(O)[C@H](O)[C@@H](O)[C@H]2O)[C@@H](C)O)N(C)C1. The Morgan fingerprint density at radius 1 is 1.23 bits per heavy atom. The van der Waals surface area contributed by atoms with Gasteiger partial charge in [0.15, 0.2) is 6.29 Å². The molecule has 9 heteroatoms. The number of likely N-dealkylation sites (tertiary alicyclic amines) is 1. The van der Waals surface area contributed by atoms with Gasteiger partial charge in [-0.15, -0.1) is 0 Å². The Morgan fingerprint density at radius 2 is 1.88 bits per heavy atom. The van der Waals surface area contributed by atoms with Gasteiger partial charge in [0.05, 0.1) is 18.2 Å². The fourth-order valence-corrected chi connectivity index (χ4v) is 3.95. The van der Waals surface area contributed by atoms with Crippen molar-refractivity contribution in [3.63, 3.8) is 0 Å². The minimum absolute atomic E-state index is 0.303. The van der Waals surface area contributed by atoms with E-state index in [4.69, 9.17) is 4.74 Å². The molecule has 2 aliphatic heterocycles. The molecule has 0 bridgehead atoms. The number of nitrogens with zero attached hydrogens (tertiary/aromatic N) is 1. The van der Waals surface area contributed by atoms with Crippen LogP contribution < -0.4 is 5.32 Å². The third kappa shape index (κ3) is 4.53. The lowest BCUT2D eigenvalue weighted by Crippen LogP contribution is -2.66. The number of carbonyl (C=O) groups is 1. The summed E-state index contributed by atoms with van der Waals surface area (Å²) in [5, 5.41) is 52.1. The second kappa shape index (κ2) is 8.92. The fraction of sp³-hybridized carbons (Fsp3) is 0.941. The van der Waals surface area contributed by atoms with Crippen molar-refractivity contribution in [2.24, 2.45) is 5.92 Å². The third-order valence-electron chi connectivity index (χ3n) is 5.44. The molecule has 0 spiro atoms. The van der Waals surface area contributed by atoms with E-state index in [1.807, 2.05) is 11.9 Å². The summed E-state index contributed by atoms with van der Waals surface area (Å²) in [6.45, 7) is 4.34. The molecular weight excluding hydrogens is 344 g/mol. The van der Waals surface area contributed by atoms with Crippen molar-refractivity contribution in [1.82, 2.24) is 10.2 Å². The first-order valence-corrected chi connectivity index (χ1v) is 9.23. The van der Waals surface area contributed by atoms with Crippen LogP contribution in [-0.4, -0.2) is 98.8 Å². The lowest BCUT2D eigenvalue weighted by molar-refractivity contribution is -0.289. The van der Waals surface area contributed by atoms with Crippen molar-refractivity contribution >= 4 is 5.91 Å². The molecule has 1 unspecified atom stereocenters. The molecule has 0 radical (unpaired) electrons. The van der Waals surface area contributed by atoms with Crippen molar-refractivity contribution in [2.45, 2.75) is 82.0 Å². The van der Waals surface area contributed by atoms with Crippen LogP contribution in [-0.2, 0) is 9.53 Å². The molecule has 0 aromatic heterocycles. The molecule has 2 saturated heterocycles. The summed E-state index contributed by atoms with van der Waals surface area (Å²) in [4.78, 5) is 14.7. The highest BCUT2D eigenvalue weighted by molar-refractivity contribution is 5.82. The summed E-state index contributed by atoms with van der Waals surface area (Å²) in [5.74, 6) is 0.129. The summed E-state index contributed by atoms with van der Waals surface area (Å²) in [5.41, 5.74) is 0. The van der Waals surface area contributed by atoms with Crippen LogP contribution in [0.2, 0.25) is 0 Å². The largest absolute Gasteiger partial charge is 0.391 e. The number of nitrogens with one attached hydrogen (secondary N) is 1. The zero-order chi connectivity index (χ0) is 19.6. The van der Waals surface area contributed by atoms with Gasteiger partial charge in [-0.1, -0.05) is 13.3 Å². The summed E-state index contributed by atoms with van der Waals surface area (Å²) in [6, 6.07) is -1.40. The van der Waals surface area contributed by atoms with Gasteiger partial charge in [-0.05, 0) is 32.7 Å². The Labute approximate surface area is 153 Å². The molecule has 9 atom stereocenters. The normalized spacial score (nSPS) is 41.0. The standard InChI is InChI=1S/C17H32N2O7/c1-4-5-9-6-10(19(3)7-9)16(24)18-11(8(2)20)15-13(22)12(21)14(23)17(25)26-15/h8-15,17,20-23,25H,4-7H2,1-3H3,(H,18,24)/t8-,9-,10+,11-,12+,13-,14-,15-,17?/m1/s1. The van der Waals surface area contributed by atoms with Gasteiger partial charge in [-0.2, -0.15) is 0 Å². The maximum Gasteiger partial charge on any atom is 0.237 e. The maximum absolute atomic E-state index is 12.7. The van der Waals surface area contributed by atoms with E-state index in [0.717, 1.165) is 19.4 Å². The molecule has 2 heterocycles. The van der Waals surface area contributed by atoms with Gasteiger partial charge >= 0.3 is 0 Å². The molecule has 0 aromatic carbocycles. The molecule has 26 heavy (non-hydrogen) atoms. The molecule has 1 amide bonds. The van der Waals surface area contributed by atoms with E-state index in [-0.39, 0.29) is 11.9 Å². The number of amides is 1. The maximum atomic E-state index is 12.7. The molecule has 2 rings (SSSR count). The highest BCUT2D eigenvalue weighted by Gasteiger charge is 2.48. The monoisotopic (exact) mass is 376 g/mol. The molecule has 0 aliphatic carbocycles. The van der Waals surface area contributed by atoms with E-state index in [1.54, 1.807) is 0 Å². The minimum Gasteiger partial charge on any atom is -0.391 e. The van der Waals surface area contributed by atoms with E-state index >= 15 is 0 Å². The minimum atomic E-state index is -1.72. The van der Waals surface area contributed by atoms with Crippen molar-refractivity contribution in [2.75, 3.05) is 13.6 Å². The first kappa shape index (κ1) is 21.5. The smallest absolute Gasteiger partial charge is 0.237 e. The summed E-state index contributed by atoms with van der Waals surface area (Å²) in [7, 11) is 1.87. The van der Waals surface area contributed by atoms with Gasteiger partial charge in [0, 0.05) is 6.54 Å². The molecule has 9 nitrogen and oxygen atoms in total. The van der Waals surface area contributed by atoms with Gasteiger partial charge in [0.25, 0.3) is 0 Å². The van der Waals surface area contributed by atoms with E-state index in [1.165, 1.54) is 6.92 Å². The van der Waals surface area contributed by atoms with E-state index in [2.05, 4.69) is 12.2 Å². The number of hydrogen-bond donors (Lipinski definition) is 6. The van der Waals surface area contributed by atoms with Gasteiger partial charge < -0.3 is 35.6 Å². The van der Waals surface area contributed by atoms with Crippen LogP contribution in [0.1, 0.15) is 33.1 Å². The number of rotatable bonds is 6. The first-order valence-electron chi connectivity index (χ1n) is 9.23. The predicted octanol–water partition coefficient (Wildman–Crippen LogP) is -2.23. The predicted molar refractivity (Wildman–Crippen MR) is 91.9 cm³/mol. The van der Waals surface area contributed by atoms with Crippen molar-refractivity contribution < 1.29 is 35.1 Å². The fourth-order valence-electron chi connectivity index (χ4n) is 3.95. The van der Waals surface area contributed by atoms with Crippen molar-refractivity contribution in [3.8, 4) is 0 Å². The van der Waals surface area contributed by atoms with Crippen molar-refractivity contribution in [3.05, 3.63) is 0 Å². The highest BCUT2D eigenvalue weighted by atomic mass is 16.6. The topological polar surface area (TPSA) is 143 Å². The number of carbonyl (C=O) groups excluding carboxylic acids is 1.